The number of hydrogen-bond donors (Lipinski definition) is 3. The molecule has 0 radical (unpaired) electrons. The summed E-state index contributed by atoms with van der Waals surface area (Å²) in [4.78, 5) is 0. The first-order valence-electron chi connectivity index (χ1n) is 5.54. The van der Waals surface area contributed by atoms with Gasteiger partial charge in [0.2, 0.25) is 15.1 Å². The Kier molecular flexibility index (Phi) is 5.50. The van der Waals surface area contributed by atoms with Crippen LogP contribution < -0.4 is 15.2 Å². The molecule has 0 aromatic carbocycles. The van der Waals surface area contributed by atoms with Crippen LogP contribution in [0.15, 0.2) is 21.6 Å². The van der Waals surface area contributed by atoms with Gasteiger partial charge in [0.05, 0.1) is 12.3 Å². The number of sulfonamides is 2. The summed E-state index contributed by atoms with van der Waals surface area (Å²) in [6.07, 6.45) is 0. The zero-order valence-electron chi connectivity index (χ0n) is 10.4. The van der Waals surface area contributed by atoms with Gasteiger partial charge in [0, 0.05) is 13.1 Å². The monoisotopic (exact) mass is 311 g/mol. The van der Waals surface area contributed by atoms with Crippen LogP contribution >= 0.6 is 0 Å². The highest BCUT2D eigenvalue weighted by molar-refractivity contribution is 7.89. The number of nitrogens with one attached hydrogen (secondary N) is 2. The number of furan rings is 1. The van der Waals surface area contributed by atoms with Crippen LogP contribution in [0.2, 0.25) is 0 Å². The van der Waals surface area contributed by atoms with Crippen LogP contribution in [-0.2, 0) is 26.6 Å². The lowest BCUT2D eigenvalue weighted by Gasteiger charge is -2.05. The SMILES string of the molecule is CCNS(=O)(=O)CCNCc1ccc(S(N)(=O)=O)o1. The first-order chi connectivity index (χ1) is 8.74. The van der Waals surface area contributed by atoms with E-state index in [2.05, 4.69) is 10.0 Å². The summed E-state index contributed by atoms with van der Waals surface area (Å²) in [6.45, 7) is 2.48. The summed E-state index contributed by atoms with van der Waals surface area (Å²) in [6, 6.07) is 2.72. The Morgan fingerprint density at radius 3 is 2.47 bits per heavy atom. The second-order valence-corrected chi connectivity index (χ2v) is 7.18. The molecule has 8 nitrogen and oxygen atoms in total. The maximum Gasteiger partial charge on any atom is 0.271 e. The standard InChI is InChI=1S/C9H17N3O5S2/c1-2-12-18(13,14)6-5-11-7-8-3-4-9(17-8)19(10,15)16/h3-4,11-12H,2,5-7H2,1H3,(H2,10,15,16). The van der Waals surface area contributed by atoms with Crippen molar-refractivity contribution in [3.63, 3.8) is 0 Å². The molecule has 4 N–H and O–H groups in total. The van der Waals surface area contributed by atoms with Gasteiger partial charge in [-0.25, -0.2) is 26.7 Å². The Morgan fingerprint density at radius 1 is 1.26 bits per heavy atom. The second kappa shape index (κ2) is 6.48. The maximum atomic E-state index is 11.3. The summed E-state index contributed by atoms with van der Waals surface area (Å²) in [5.41, 5.74) is 0. The molecule has 1 heterocycles. The van der Waals surface area contributed by atoms with Gasteiger partial charge in [-0.2, -0.15) is 0 Å². The van der Waals surface area contributed by atoms with Crippen molar-refractivity contribution in [3.8, 4) is 0 Å². The lowest BCUT2D eigenvalue weighted by molar-refractivity contribution is 0.404. The van der Waals surface area contributed by atoms with Gasteiger partial charge in [-0.15, -0.1) is 0 Å². The van der Waals surface area contributed by atoms with Gasteiger partial charge in [-0.05, 0) is 12.1 Å². The topological polar surface area (TPSA) is 132 Å². The molecule has 0 fully saturated rings. The van der Waals surface area contributed by atoms with Crippen LogP contribution in [-0.4, -0.2) is 35.7 Å². The molecule has 1 rings (SSSR count). The number of hydrogen-bond acceptors (Lipinski definition) is 6. The number of primary sulfonamides is 1. The Morgan fingerprint density at radius 2 is 1.95 bits per heavy atom. The molecule has 0 aliphatic rings. The van der Waals surface area contributed by atoms with Crippen molar-refractivity contribution in [1.29, 1.82) is 0 Å². The molecule has 0 aliphatic heterocycles. The van der Waals surface area contributed by atoms with Crippen LogP contribution in [0.25, 0.3) is 0 Å². The predicted octanol–water partition coefficient (Wildman–Crippen LogP) is -1.04. The fourth-order valence-electron chi connectivity index (χ4n) is 1.32. The molecule has 0 bridgehead atoms. The minimum absolute atomic E-state index is 0.0659. The third kappa shape index (κ3) is 5.70. The van der Waals surface area contributed by atoms with E-state index < -0.39 is 20.0 Å². The molecule has 0 spiro atoms. The van der Waals surface area contributed by atoms with Gasteiger partial charge in [-0.3, -0.25) is 0 Å². The average molecular weight is 311 g/mol. The van der Waals surface area contributed by atoms with Gasteiger partial charge in [-0.1, -0.05) is 6.92 Å². The molecular weight excluding hydrogens is 294 g/mol. The van der Waals surface area contributed by atoms with Crippen molar-refractivity contribution in [3.05, 3.63) is 17.9 Å². The van der Waals surface area contributed by atoms with Crippen LogP contribution in [0.3, 0.4) is 0 Å². The molecule has 0 saturated heterocycles. The Labute approximate surface area is 112 Å². The third-order valence-electron chi connectivity index (χ3n) is 2.13. The first-order valence-corrected chi connectivity index (χ1v) is 8.74. The molecule has 19 heavy (non-hydrogen) atoms. The molecule has 0 saturated carbocycles. The molecule has 0 unspecified atom stereocenters. The second-order valence-electron chi connectivity index (χ2n) is 3.76. The lowest BCUT2D eigenvalue weighted by atomic mass is 10.4. The van der Waals surface area contributed by atoms with Gasteiger partial charge in [0.25, 0.3) is 10.0 Å². The lowest BCUT2D eigenvalue weighted by Crippen LogP contribution is -2.31. The van der Waals surface area contributed by atoms with E-state index in [1.807, 2.05) is 0 Å². The summed E-state index contributed by atoms with van der Waals surface area (Å²) in [5, 5.41) is 7.40. The van der Waals surface area contributed by atoms with Gasteiger partial charge < -0.3 is 9.73 Å². The van der Waals surface area contributed by atoms with Gasteiger partial charge >= 0.3 is 0 Å². The molecule has 0 aliphatic carbocycles. The van der Waals surface area contributed by atoms with Gasteiger partial charge in [0.15, 0.2) is 0 Å². The first kappa shape index (κ1) is 16.1. The average Bonchev–Trinajstić information content (AvgIpc) is 2.72. The van der Waals surface area contributed by atoms with Crippen LogP contribution in [0.5, 0.6) is 0 Å². The Bertz CT molecular complexity index is 606. The van der Waals surface area contributed by atoms with E-state index in [1.165, 1.54) is 12.1 Å². The van der Waals surface area contributed by atoms with E-state index in [9.17, 15) is 16.8 Å². The van der Waals surface area contributed by atoms with E-state index in [0.717, 1.165) is 0 Å². The fourth-order valence-corrected chi connectivity index (χ4v) is 2.79. The predicted molar refractivity (Wildman–Crippen MR) is 69.3 cm³/mol. The largest absolute Gasteiger partial charge is 0.447 e. The van der Waals surface area contributed by atoms with E-state index in [-0.39, 0.29) is 23.9 Å². The Balaban J connectivity index is 2.41. The Hall–Kier alpha value is -0.940. The normalized spacial score (nSPS) is 12.7. The van der Waals surface area contributed by atoms with E-state index in [4.69, 9.17) is 9.56 Å². The highest BCUT2D eigenvalue weighted by atomic mass is 32.2. The number of nitrogens with two attached hydrogens (primary N) is 1. The van der Waals surface area contributed by atoms with E-state index >= 15 is 0 Å². The summed E-state index contributed by atoms with van der Waals surface area (Å²) < 4.78 is 51.9. The highest BCUT2D eigenvalue weighted by Crippen LogP contribution is 2.11. The van der Waals surface area contributed by atoms with Crippen LogP contribution in [0, 0.1) is 0 Å². The van der Waals surface area contributed by atoms with Crippen molar-refractivity contribution < 1.29 is 21.3 Å². The third-order valence-corrected chi connectivity index (χ3v) is 4.38. The molecule has 10 heteroatoms. The number of rotatable bonds is 8. The van der Waals surface area contributed by atoms with Crippen molar-refractivity contribution in [2.24, 2.45) is 5.14 Å². The van der Waals surface area contributed by atoms with E-state index in [1.54, 1.807) is 6.92 Å². The minimum Gasteiger partial charge on any atom is -0.447 e. The molecule has 1 aromatic rings. The zero-order chi connectivity index (χ0) is 14.5. The summed E-state index contributed by atoms with van der Waals surface area (Å²) in [5.74, 6) is 0.300. The molecular formula is C9H17N3O5S2. The highest BCUT2D eigenvalue weighted by Gasteiger charge is 2.13. The van der Waals surface area contributed by atoms with Crippen LogP contribution in [0.1, 0.15) is 12.7 Å². The summed E-state index contributed by atoms with van der Waals surface area (Å²) >= 11 is 0. The maximum absolute atomic E-state index is 11.3. The van der Waals surface area contributed by atoms with E-state index in [0.29, 0.717) is 12.3 Å². The van der Waals surface area contributed by atoms with Crippen LogP contribution in [0.4, 0.5) is 0 Å². The quantitative estimate of drug-likeness (QED) is 0.525. The summed E-state index contributed by atoms with van der Waals surface area (Å²) in [7, 11) is -7.11. The zero-order valence-corrected chi connectivity index (χ0v) is 12.1. The fraction of sp³-hybridized carbons (Fsp3) is 0.556. The molecule has 110 valence electrons. The van der Waals surface area contributed by atoms with Crippen molar-refractivity contribution in [2.75, 3.05) is 18.8 Å². The van der Waals surface area contributed by atoms with Crippen molar-refractivity contribution >= 4 is 20.0 Å². The minimum atomic E-state index is -3.84. The van der Waals surface area contributed by atoms with Crippen molar-refractivity contribution in [2.45, 2.75) is 18.6 Å². The molecule has 0 amide bonds. The molecule has 0 atom stereocenters. The molecule has 1 aromatic heterocycles. The smallest absolute Gasteiger partial charge is 0.271 e. The van der Waals surface area contributed by atoms with Crippen molar-refractivity contribution in [1.82, 2.24) is 10.0 Å². The van der Waals surface area contributed by atoms with Gasteiger partial charge in [0.1, 0.15) is 5.76 Å².